The summed E-state index contributed by atoms with van der Waals surface area (Å²) in [4.78, 5) is 9.63. The van der Waals surface area contributed by atoms with E-state index in [1.54, 1.807) is 7.05 Å². The molecule has 9 nitrogen and oxygen atoms in total. The standard InChI is InChI=1S/C25H33N5O4/c1-15-24(16(2)34-30-15)22-12-23(27-18-7-9-19(31)10-8-18)29-25(28-22)17-5-4-6-21(11-17)33-14-20(32)13-26-3/h4-6,11-12,18-20,26,31-32H,7-10,13-14H2,1-3H3,(H,27,28,29)/t18-,19+,20?. The van der Waals surface area contributed by atoms with Crippen molar-refractivity contribution in [3.8, 4) is 28.4 Å². The molecule has 1 fully saturated rings. The Morgan fingerprint density at radius 2 is 1.94 bits per heavy atom. The molecule has 0 bridgehead atoms. The second kappa shape index (κ2) is 10.9. The van der Waals surface area contributed by atoms with Crippen molar-refractivity contribution in [1.29, 1.82) is 0 Å². The Hall–Kier alpha value is -3.01. The van der Waals surface area contributed by atoms with Gasteiger partial charge in [-0.25, -0.2) is 9.97 Å². The summed E-state index contributed by atoms with van der Waals surface area (Å²) in [5.41, 5.74) is 3.16. The topological polar surface area (TPSA) is 126 Å². The van der Waals surface area contributed by atoms with Crippen LogP contribution in [0.4, 0.5) is 5.82 Å². The van der Waals surface area contributed by atoms with Crippen LogP contribution in [0.1, 0.15) is 37.1 Å². The quantitative estimate of drug-likeness (QED) is 0.376. The van der Waals surface area contributed by atoms with E-state index >= 15 is 0 Å². The highest BCUT2D eigenvalue weighted by molar-refractivity contribution is 5.70. The van der Waals surface area contributed by atoms with Crippen molar-refractivity contribution in [2.24, 2.45) is 0 Å². The van der Waals surface area contributed by atoms with Crippen molar-refractivity contribution in [2.75, 3.05) is 25.5 Å². The second-order valence-electron chi connectivity index (χ2n) is 8.86. The lowest BCUT2D eigenvalue weighted by Gasteiger charge is -2.26. The zero-order valence-corrected chi connectivity index (χ0v) is 19.9. The van der Waals surface area contributed by atoms with Crippen molar-refractivity contribution in [3.05, 3.63) is 41.8 Å². The summed E-state index contributed by atoms with van der Waals surface area (Å²) >= 11 is 0. The van der Waals surface area contributed by atoms with Crippen molar-refractivity contribution in [1.82, 2.24) is 20.4 Å². The monoisotopic (exact) mass is 467 g/mol. The number of nitrogens with zero attached hydrogens (tertiary/aromatic N) is 3. The summed E-state index contributed by atoms with van der Waals surface area (Å²) in [5, 5.41) is 30.3. The van der Waals surface area contributed by atoms with Crippen LogP contribution in [-0.4, -0.2) is 63.8 Å². The van der Waals surface area contributed by atoms with Crippen LogP contribution in [0, 0.1) is 13.8 Å². The summed E-state index contributed by atoms with van der Waals surface area (Å²) < 4.78 is 11.2. The maximum atomic E-state index is 9.95. The van der Waals surface area contributed by atoms with Crippen molar-refractivity contribution in [2.45, 2.75) is 57.8 Å². The van der Waals surface area contributed by atoms with E-state index in [9.17, 15) is 10.2 Å². The molecule has 0 amide bonds. The smallest absolute Gasteiger partial charge is 0.162 e. The van der Waals surface area contributed by atoms with Gasteiger partial charge in [0.2, 0.25) is 0 Å². The van der Waals surface area contributed by atoms with E-state index in [-0.39, 0.29) is 18.8 Å². The average molecular weight is 468 g/mol. The Kier molecular flexibility index (Phi) is 7.77. The fraction of sp³-hybridized carbons (Fsp3) is 0.480. The van der Waals surface area contributed by atoms with Gasteiger partial charge in [0.1, 0.15) is 30.0 Å². The van der Waals surface area contributed by atoms with E-state index in [1.807, 2.05) is 44.2 Å². The average Bonchev–Trinajstić information content (AvgIpc) is 3.17. The van der Waals surface area contributed by atoms with Crippen LogP contribution >= 0.6 is 0 Å². The first-order chi connectivity index (χ1) is 16.4. The van der Waals surface area contributed by atoms with Gasteiger partial charge in [-0.2, -0.15) is 0 Å². The molecule has 1 saturated carbocycles. The highest BCUT2D eigenvalue weighted by atomic mass is 16.5. The molecule has 0 saturated heterocycles. The molecule has 0 spiro atoms. The summed E-state index contributed by atoms with van der Waals surface area (Å²) in [5.74, 6) is 2.61. The number of aliphatic hydroxyl groups excluding tert-OH is 2. The molecule has 2 aromatic heterocycles. The van der Waals surface area contributed by atoms with Gasteiger partial charge in [-0.1, -0.05) is 17.3 Å². The third-order valence-electron chi connectivity index (χ3n) is 6.04. The maximum absolute atomic E-state index is 9.95. The minimum Gasteiger partial charge on any atom is -0.491 e. The number of hydrogen-bond acceptors (Lipinski definition) is 9. The molecule has 0 radical (unpaired) electrons. The molecule has 0 aliphatic heterocycles. The number of ether oxygens (including phenoxy) is 1. The van der Waals surface area contributed by atoms with Crippen LogP contribution in [0.3, 0.4) is 0 Å². The van der Waals surface area contributed by atoms with Crippen LogP contribution in [0.5, 0.6) is 5.75 Å². The van der Waals surface area contributed by atoms with Crippen LogP contribution in [-0.2, 0) is 0 Å². The van der Waals surface area contributed by atoms with Crippen LogP contribution < -0.4 is 15.4 Å². The number of aliphatic hydroxyl groups is 2. The number of rotatable bonds is 9. The van der Waals surface area contributed by atoms with E-state index in [4.69, 9.17) is 19.2 Å². The van der Waals surface area contributed by atoms with E-state index in [1.165, 1.54) is 0 Å². The van der Waals surface area contributed by atoms with E-state index in [0.29, 0.717) is 23.9 Å². The van der Waals surface area contributed by atoms with Gasteiger partial charge in [-0.3, -0.25) is 0 Å². The lowest BCUT2D eigenvalue weighted by molar-refractivity contribution is 0.108. The molecule has 1 unspecified atom stereocenters. The number of anilines is 1. The van der Waals surface area contributed by atoms with Crippen molar-refractivity contribution < 1.29 is 19.5 Å². The molecule has 3 aromatic rings. The fourth-order valence-corrected chi connectivity index (χ4v) is 4.27. The molecular formula is C25H33N5O4. The van der Waals surface area contributed by atoms with Crippen molar-refractivity contribution >= 4 is 5.82 Å². The number of aryl methyl sites for hydroxylation is 2. The Labute approximate surface area is 199 Å². The van der Waals surface area contributed by atoms with Gasteiger partial charge >= 0.3 is 0 Å². The fourth-order valence-electron chi connectivity index (χ4n) is 4.27. The minimum absolute atomic E-state index is 0.185. The molecule has 34 heavy (non-hydrogen) atoms. The molecule has 4 rings (SSSR count). The summed E-state index contributed by atoms with van der Waals surface area (Å²) in [6.07, 6.45) is 2.53. The molecule has 9 heteroatoms. The van der Waals surface area contributed by atoms with Gasteiger partial charge in [0.25, 0.3) is 0 Å². The lowest BCUT2D eigenvalue weighted by atomic mass is 9.93. The van der Waals surface area contributed by atoms with Crippen LogP contribution in [0.25, 0.3) is 22.6 Å². The second-order valence-corrected chi connectivity index (χ2v) is 8.86. The molecule has 182 valence electrons. The Bertz CT molecular complexity index is 1080. The SMILES string of the molecule is CNCC(O)COc1cccc(-c2nc(N[C@H]3CC[C@@H](O)CC3)cc(-c3c(C)noc3C)n2)c1. The first-order valence-electron chi connectivity index (χ1n) is 11.8. The number of aromatic nitrogens is 3. The van der Waals surface area contributed by atoms with Gasteiger partial charge < -0.3 is 30.1 Å². The zero-order valence-electron chi connectivity index (χ0n) is 19.9. The lowest BCUT2D eigenvalue weighted by Crippen LogP contribution is -2.29. The Balaban J connectivity index is 1.65. The highest BCUT2D eigenvalue weighted by Crippen LogP contribution is 2.31. The third kappa shape index (κ3) is 5.91. The molecule has 1 aliphatic rings. The molecule has 1 atom stereocenters. The van der Waals surface area contributed by atoms with Gasteiger partial charge in [0.15, 0.2) is 5.82 Å². The number of likely N-dealkylation sites (N-methyl/N-ethyl adjacent to an activating group) is 1. The van der Waals surface area contributed by atoms with Gasteiger partial charge in [0.05, 0.1) is 23.1 Å². The molecular weight excluding hydrogens is 434 g/mol. The van der Waals surface area contributed by atoms with Crippen molar-refractivity contribution in [3.63, 3.8) is 0 Å². The number of benzene rings is 1. The van der Waals surface area contributed by atoms with E-state index in [0.717, 1.165) is 54.0 Å². The highest BCUT2D eigenvalue weighted by Gasteiger charge is 2.21. The third-order valence-corrected chi connectivity index (χ3v) is 6.04. The first-order valence-corrected chi connectivity index (χ1v) is 11.8. The normalized spacial score (nSPS) is 19.1. The first kappa shape index (κ1) is 24.1. The zero-order chi connectivity index (χ0) is 24.1. The predicted octanol–water partition coefficient (Wildman–Crippen LogP) is 3.09. The minimum atomic E-state index is -0.599. The van der Waals surface area contributed by atoms with Crippen LogP contribution in [0.2, 0.25) is 0 Å². The molecule has 4 N–H and O–H groups in total. The van der Waals surface area contributed by atoms with Crippen LogP contribution in [0.15, 0.2) is 34.9 Å². The Morgan fingerprint density at radius 1 is 1.15 bits per heavy atom. The largest absolute Gasteiger partial charge is 0.491 e. The van der Waals surface area contributed by atoms with Gasteiger partial charge in [0, 0.05) is 24.2 Å². The van der Waals surface area contributed by atoms with Gasteiger partial charge in [-0.15, -0.1) is 0 Å². The summed E-state index contributed by atoms with van der Waals surface area (Å²) in [6, 6.07) is 9.71. The molecule has 2 heterocycles. The molecule has 1 aromatic carbocycles. The van der Waals surface area contributed by atoms with E-state index in [2.05, 4.69) is 15.8 Å². The maximum Gasteiger partial charge on any atom is 0.162 e. The summed E-state index contributed by atoms with van der Waals surface area (Å²) in [7, 11) is 1.79. The van der Waals surface area contributed by atoms with Gasteiger partial charge in [-0.05, 0) is 58.7 Å². The number of hydrogen-bond donors (Lipinski definition) is 4. The van der Waals surface area contributed by atoms with E-state index < -0.39 is 6.10 Å². The molecule has 1 aliphatic carbocycles. The number of nitrogens with one attached hydrogen (secondary N) is 2. The predicted molar refractivity (Wildman–Crippen MR) is 130 cm³/mol. The summed E-state index contributed by atoms with van der Waals surface area (Å²) in [6.45, 7) is 4.41. The Morgan fingerprint density at radius 3 is 2.65 bits per heavy atom.